The molecule has 1 amide bonds. The van der Waals surface area contributed by atoms with Crippen LogP contribution in [0.2, 0.25) is 0 Å². The van der Waals surface area contributed by atoms with Gasteiger partial charge in [0.25, 0.3) is 5.91 Å². The third-order valence-electron chi connectivity index (χ3n) is 3.61. The summed E-state index contributed by atoms with van der Waals surface area (Å²) in [6.45, 7) is 5.59. The Bertz CT molecular complexity index is 504. The quantitative estimate of drug-likeness (QED) is 0.849. The lowest BCUT2D eigenvalue weighted by atomic mass is 10.00. The molecule has 0 spiro atoms. The molecule has 4 nitrogen and oxygen atoms in total. The van der Waals surface area contributed by atoms with Gasteiger partial charge in [-0.05, 0) is 49.9 Å². The second-order valence-corrected chi connectivity index (χ2v) is 5.43. The van der Waals surface area contributed by atoms with Crippen LogP contribution in [0, 0.1) is 17.2 Å². The second kappa shape index (κ2) is 6.42. The van der Waals surface area contributed by atoms with Gasteiger partial charge in [-0.25, -0.2) is 0 Å². The van der Waals surface area contributed by atoms with Crippen LogP contribution in [-0.4, -0.2) is 30.0 Å². The monoisotopic (exact) mass is 272 g/mol. The highest BCUT2D eigenvalue weighted by Crippen LogP contribution is 2.18. The van der Waals surface area contributed by atoms with Crippen LogP contribution in [0.3, 0.4) is 0 Å². The molecule has 20 heavy (non-hydrogen) atoms. The Morgan fingerprint density at radius 2 is 2.15 bits per heavy atom. The van der Waals surface area contributed by atoms with Crippen molar-refractivity contribution in [1.29, 1.82) is 5.26 Å². The van der Waals surface area contributed by atoms with Crippen molar-refractivity contribution < 1.29 is 9.53 Å². The van der Waals surface area contributed by atoms with E-state index in [1.807, 2.05) is 4.90 Å². The standard InChI is InChI=1S/C16H20N2O2/c1-12-4-3-9-18(11-12)16(19)13(2)20-15-7-5-14(10-17)6-8-15/h5-8,12-13H,3-4,9,11H2,1-2H3/t12-,13+/m1/s1. The van der Waals surface area contributed by atoms with Crippen molar-refractivity contribution in [3.8, 4) is 11.8 Å². The number of piperidine rings is 1. The van der Waals surface area contributed by atoms with E-state index in [0.717, 1.165) is 19.5 Å². The van der Waals surface area contributed by atoms with Crippen LogP contribution in [-0.2, 0) is 4.79 Å². The van der Waals surface area contributed by atoms with Crippen LogP contribution in [0.25, 0.3) is 0 Å². The zero-order valence-corrected chi connectivity index (χ0v) is 12.0. The number of amides is 1. The highest BCUT2D eigenvalue weighted by Gasteiger charge is 2.25. The number of carbonyl (C=O) groups excluding carboxylic acids is 1. The summed E-state index contributed by atoms with van der Waals surface area (Å²) < 4.78 is 5.66. The number of benzene rings is 1. The van der Waals surface area contributed by atoms with Crippen molar-refractivity contribution >= 4 is 5.91 Å². The molecule has 1 fully saturated rings. The van der Waals surface area contributed by atoms with Crippen LogP contribution >= 0.6 is 0 Å². The molecule has 1 saturated heterocycles. The van der Waals surface area contributed by atoms with Gasteiger partial charge in [0.15, 0.2) is 6.10 Å². The van der Waals surface area contributed by atoms with E-state index in [1.165, 1.54) is 6.42 Å². The molecular weight excluding hydrogens is 252 g/mol. The molecule has 1 aliphatic rings. The fraction of sp³-hybridized carbons (Fsp3) is 0.500. The molecule has 0 aromatic heterocycles. The molecule has 4 heteroatoms. The van der Waals surface area contributed by atoms with Crippen molar-refractivity contribution in [3.05, 3.63) is 29.8 Å². The second-order valence-electron chi connectivity index (χ2n) is 5.43. The van der Waals surface area contributed by atoms with Crippen LogP contribution in [0.1, 0.15) is 32.3 Å². The third-order valence-corrected chi connectivity index (χ3v) is 3.61. The van der Waals surface area contributed by atoms with Crippen LogP contribution in [0.4, 0.5) is 0 Å². The summed E-state index contributed by atoms with van der Waals surface area (Å²) in [5.74, 6) is 1.23. The molecule has 1 aromatic rings. The fourth-order valence-corrected chi connectivity index (χ4v) is 2.51. The van der Waals surface area contributed by atoms with Gasteiger partial charge < -0.3 is 9.64 Å². The molecule has 0 N–H and O–H groups in total. The van der Waals surface area contributed by atoms with Crippen molar-refractivity contribution in [3.63, 3.8) is 0 Å². The van der Waals surface area contributed by atoms with Gasteiger partial charge in [-0.2, -0.15) is 5.26 Å². The molecule has 2 atom stereocenters. The van der Waals surface area contributed by atoms with Gasteiger partial charge in [0.05, 0.1) is 11.6 Å². The van der Waals surface area contributed by atoms with Gasteiger partial charge >= 0.3 is 0 Å². The van der Waals surface area contributed by atoms with Crippen molar-refractivity contribution in [1.82, 2.24) is 4.90 Å². The summed E-state index contributed by atoms with van der Waals surface area (Å²) in [5, 5.41) is 8.74. The number of nitriles is 1. The summed E-state index contributed by atoms with van der Waals surface area (Å²) in [6.07, 6.45) is 1.76. The van der Waals surface area contributed by atoms with Gasteiger partial charge in [0, 0.05) is 13.1 Å². The minimum absolute atomic E-state index is 0.0425. The molecule has 0 unspecified atom stereocenters. The van der Waals surface area contributed by atoms with E-state index in [0.29, 0.717) is 17.2 Å². The van der Waals surface area contributed by atoms with E-state index in [2.05, 4.69) is 13.0 Å². The zero-order valence-electron chi connectivity index (χ0n) is 12.0. The molecule has 0 radical (unpaired) electrons. The Balaban J connectivity index is 1.94. The summed E-state index contributed by atoms with van der Waals surface area (Å²) in [4.78, 5) is 14.2. The molecule has 0 saturated carbocycles. The Morgan fingerprint density at radius 3 is 2.75 bits per heavy atom. The Labute approximate surface area is 120 Å². The van der Waals surface area contributed by atoms with Crippen LogP contribution in [0.5, 0.6) is 5.75 Å². The zero-order chi connectivity index (χ0) is 14.5. The van der Waals surface area contributed by atoms with Gasteiger partial charge in [0.2, 0.25) is 0 Å². The summed E-state index contributed by atoms with van der Waals surface area (Å²) >= 11 is 0. The fourth-order valence-electron chi connectivity index (χ4n) is 2.51. The van der Waals surface area contributed by atoms with Gasteiger partial charge in [-0.3, -0.25) is 4.79 Å². The van der Waals surface area contributed by atoms with E-state index >= 15 is 0 Å². The van der Waals surface area contributed by atoms with E-state index in [1.54, 1.807) is 31.2 Å². The number of rotatable bonds is 3. The molecule has 2 rings (SSSR count). The smallest absolute Gasteiger partial charge is 0.263 e. The molecule has 1 aliphatic heterocycles. The lowest BCUT2D eigenvalue weighted by molar-refractivity contribution is -0.139. The highest BCUT2D eigenvalue weighted by molar-refractivity contribution is 5.81. The summed E-state index contributed by atoms with van der Waals surface area (Å²) in [7, 11) is 0. The maximum Gasteiger partial charge on any atom is 0.263 e. The molecule has 1 heterocycles. The largest absolute Gasteiger partial charge is 0.481 e. The Morgan fingerprint density at radius 1 is 1.45 bits per heavy atom. The highest BCUT2D eigenvalue weighted by atomic mass is 16.5. The summed E-state index contributed by atoms with van der Waals surface area (Å²) in [5.41, 5.74) is 0.584. The van der Waals surface area contributed by atoms with Crippen molar-refractivity contribution in [2.75, 3.05) is 13.1 Å². The van der Waals surface area contributed by atoms with Crippen LogP contribution in [0.15, 0.2) is 24.3 Å². The minimum atomic E-state index is -0.492. The SMILES string of the molecule is C[C@@H]1CCCN(C(=O)[C@H](C)Oc2ccc(C#N)cc2)C1. The first kappa shape index (κ1) is 14.4. The molecule has 0 bridgehead atoms. The van der Waals surface area contributed by atoms with Gasteiger partial charge in [-0.1, -0.05) is 6.92 Å². The predicted octanol–water partition coefficient (Wildman–Crippen LogP) is 2.58. The number of hydrogen-bond acceptors (Lipinski definition) is 3. The van der Waals surface area contributed by atoms with Gasteiger partial charge in [0.1, 0.15) is 5.75 Å². The van der Waals surface area contributed by atoms with Gasteiger partial charge in [-0.15, -0.1) is 0 Å². The van der Waals surface area contributed by atoms with Crippen LogP contribution < -0.4 is 4.74 Å². The number of ether oxygens (including phenoxy) is 1. The maximum absolute atomic E-state index is 12.3. The molecular formula is C16H20N2O2. The number of likely N-dealkylation sites (tertiary alicyclic amines) is 1. The lowest BCUT2D eigenvalue weighted by Crippen LogP contribution is -2.45. The molecule has 1 aromatic carbocycles. The first-order valence-electron chi connectivity index (χ1n) is 7.05. The first-order chi connectivity index (χ1) is 9.60. The summed E-state index contributed by atoms with van der Waals surface area (Å²) in [6, 6.07) is 8.88. The minimum Gasteiger partial charge on any atom is -0.481 e. The number of carbonyl (C=O) groups is 1. The number of nitrogens with zero attached hydrogens (tertiary/aromatic N) is 2. The maximum atomic E-state index is 12.3. The van der Waals surface area contributed by atoms with Crippen molar-refractivity contribution in [2.45, 2.75) is 32.8 Å². The molecule has 0 aliphatic carbocycles. The average Bonchev–Trinajstić information content (AvgIpc) is 2.47. The topological polar surface area (TPSA) is 53.3 Å². The van der Waals surface area contributed by atoms with Crippen molar-refractivity contribution in [2.24, 2.45) is 5.92 Å². The number of hydrogen-bond donors (Lipinski definition) is 0. The van der Waals surface area contributed by atoms with E-state index < -0.39 is 6.10 Å². The average molecular weight is 272 g/mol. The van der Waals surface area contributed by atoms with E-state index in [4.69, 9.17) is 10.00 Å². The normalized spacial score (nSPS) is 20.1. The Hall–Kier alpha value is -2.02. The lowest BCUT2D eigenvalue weighted by Gasteiger charge is -2.32. The first-order valence-corrected chi connectivity index (χ1v) is 7.05. The Kier molecular flexibility index (Phi) is 4.62. The van der Waals surface area contributed by atoms with E-state index in [9.17, 15) is 4.79 Å². The predicted molar refractivity (Wildman–Crippen MR) is 76.2 cm³/mol. The molecule has 106 valence electrons. The van der Waals surface area contributed by atoms with E-state index in [-0.39, 0.29) is 5.91 Å². The third kappa shape index (κ3) is 3.51.